The normalized spacial score (nSPS) is 30.0. The van der Waals surface area contributed by atoms with E-state index in [2.05, 4.69) is 29.4 Å². The molecule has 2 N–H and O–H groups in total. The maximum Gasteiger partial charge on any atom is 0.0537 e. The third-order valence-corrected chi connectivity index (χ3v) is 2.26. The number of fused-ring (bicyclic) bond motifs is 1. The minimum absolute atomic E-state index is 0.451. The summed E-state index contributed by atoms with van der Waals surface area (Å²) in [5, 5.41) is 10.5. The standard InChI is InChI=1S/C8H13N3/c1-5-3-8-7(4-9-11-8)6(2)10-5/h4-6,10H,3H2,1-2H3,(H,9,11). The molecule has 0 saturated carbocycles. The zero-order valence-corrected chi connectivity index (χ0v) is 6.89. The van der Waals surface area contributed by atoms with Crippen LogP contribution in [0.25, 0.3) is 0 Å². The van der Waals surface area contributed by atoms with Crippen molar-refractivity contribution in [2.24, 2.45) is 0 Å². The first-order valence-corrected chi connectivity index (χ1v) is 4.05. The quantitative estimate of drug-likeness (QED) is 0.581. The smallest absolute Gasteiger partial charge is 0.0537 e. The van der Waals surface area contributed by atoms with Crippen LogP contribution >= 0.6 is 0 Å². The van der Waals surface area contributed by atoms with Gasteiger partial charge in [-0.2, -0.15) is 5.10 Å². The van der Waals surface area contributed by atoms with E-state index in [1.54, 1.807) is 0 Å². The molecule has 11 heavy (non-hydrogen) atoms. The summed E-state index contributed by atoms with van der Waals surface area (Å²) < 4.78 is 0. The minimum atomic E-state index is 0.451. The number of aromatic nitrogens is 2. The predicted molar refractivity (Wildman–Crippen MR) is 43.3 cm³/mol. The van der Waals surface area contributed by atoms with Crippen LogP contribution < -0.4 is 5.32 Å². The largest absolute Gasteiger partial charge is 0.307 e. The van der Waals surface area contributed by atoms with Crippen molar-refractivity contribution in [3.8, 4) is 0 Å². The molecule has 0 amide bonds. The van der Waals surface area contributed by atoms with Crippen molar-refractivity contribution in [1.82, 2.24) is 15.5 Å². The predicted octanol–water partition coefficient (Wildman–Crippen LogP) is 1.00. The van der Waals surface area contributed by atoms with Crippen LogP contribution in [0.15, 0.2) is 6.20 Å². The molecule has 0 bridgehead atoms. The van der Waals surface area contributed by atoms with Crippen molar-refractivity contribution in [2.75, 3.05) is 0 Å². The zero-order chi connectivity index (χ0) is 7.84. The summed E-state index contributed by atoms with van der Waals surface area (Å²) >= 11 is 0. The van der Waals surface area contributed by atoms with Gasteiger partial charge in [-0.25, -0.2) is 0 Å². The fourth-order valence-corrected chi connectivity index (χ4v) is 1.74. The molecule has 2 rings (SSSR count). The van der Waals surface area contributed by atoms with Crippen LogP contribution in [0.3, 0.4) is 0 Å². The molecule has 2 heterocycles. The molecular formula is C8H13N3. The summed E-state index contributed by atoms with van der Waals surface area (Å²) in [7, 11) is 0. The lowest BCUT2D eigenvalue weighted by molar-refractivity contribution is 0.442. The van der Waals surface area contributed by atoms with Crippen molar-refractivity contribution >= 4 is 0 Å². The van der Waals surface area contributed by atoms with E-state index in [0.717, 1.165) is 6.42 Å². The Morgan fingerprint density at radius 3 is 3.18 bits per heavy atom. The molecule has 1 aromatic rings. The lowest BCUT2D eigenvalue weighted by atomic mass is 9.99. The lowest BCUT2D eigenvalue weighted by Gasteiger charge is -2.25. The molecule has 0 saturated heterocycles. The highest BCUT2D eigenvalue weighted by Crippen LogP contribution is 2.21. The van der Waals surface area contributed by atoms with E-state index in [0.29, 0.717) is 12.1 Å². The van der Waals surface area contributed by atoms with Gasteiger partial charge in [-0.3, -0.25) is 5.10 Å². The molecule has 0 aromatic carbocycles. The van der Waals surface area contributed by atoms with E-state index in [1.807, 2.05) is 6.20 Å². The Kier molecular flexibility index (Phi) is 1.46. The fourth-order valence-electron chi connectivity index (χ4n) is 1.74. The molecule has 0 radical (unpaired) electrons. The summed E-state index contributed by atoms with van der Waals surface area (Å²) in [5.41, 5.74) is 2.62. The first-order chi connectivity index (χ1) is 5.27. The van der Waals surface area contributed by atoms with E-state index in [4.69, 9.17) is 0 Å². The van der Waals surface area contributed by atoms with Gasteiger partial charge in [0.15, 0.2) is 0 Å². The average Bonchev–Trinajstić information content (AvgIpc) is 2.34. The molecular weight excluding hydrogens is 138 g/mol. The topological polar surface area (TPSA) is 40.7 Å². The summed E-state index contributed by atoms with van der Waals surface area (Å²) in [4.78, 5) is 0. The van der Waals surface area contributed by atoms with Crippen molar-refractivity contribution in [3.05, 3.63) is 17.5 Å². The van der Waals surface area contributed by atoms with Crippen LogP contribution in [-0.4, -0.2) is 16.2 Å². The molecule has 0 fully saturated rings. The van der Waals surface area contributed by atoms with Gasteiger partial charge in [-0.15, -0.1) is 0 Å². The van der Waals surface area contributed by atoms with Crippen molar-refractivity contribution < 1.29 is 0 Å². The Balaban J connectivity index is 2.36. The van der Waals surface area contributed by atoms with Crippen molar-refractivity contribution in [1.29, 1.82) is 0 Å². The van der Waals surface area contributed by atoms with Crippen LogP contribution in [0.4, 0.5) is 0 Å². The Morgan fingerprint density at radius 1 is 1.55 bits per heavy atom. The summed E-state index contributed by atoms with van der Waals surface area (Å²) in [6.07, 6.45) is 2.98. The Hall–Kier alpha value is -0.830. The van der Waals surface area contributed by atoms with Gasteiger partial charge in [-0.05, 0) is 13.8 Å². The lowest BCUT2D eigenvalue weighted by Crippen LogP contribution is -2.35. The molecule has 1 aromatic heterocycles. The van der Waals surface area contributed by atoms with E-state index >= 15 is 0 Å². The van der Waals surface area contributed by atoms with Crippen molar-refractivity contribution in [3.63, 3.8) is 0 Å². The molecule has 0 spiro atoms. The van der Waals surface area contributed by atoms with Gasteiger partial charge >= 0.3 is 0 Å². The molecule has 3 nitrogen and oxygen atoms in total. The minimum Gasteiger partial charge on any atom is -0.307 e. The first-order valence-electron chi connectivity index (χ1n) is 4.05. The van der Waals surface area contributed by atoms with Gasteiger partial charge in [0, 0.05) is 29.8 Å². The highest BCUT2D eigenvalue weighted by molar-refractivity contribution is 5.23. The van der Waals surface area contributed by atoms with Crippen LogP contribution in [0.5, 0.6) is 0 Å². The Bertz CT molecular complexity index is 254. The Labute approximate surface area is 66.2 Å². The van der Waals surface area contributed by atoms with Gasteiger partial charge in [-0.1, -0.05) is 0 Å². The van der Waals surface area contributed by atoms with E-state index < -0.39 is 0 Å². The van der Waals surface area contributed by atoms with Gasteiger partial charge in [0.25, 0.3) is 0 Å². The Morgan fingerprint density at radius 2 is 2.36 bits per heavy atom. The third kappa shape index (κ3) is 1.05. The van der Waals surface area contributed by atoms with Gasteiger partial charge in [0.05, 0.1) is 6.20 Å². The van der Waals surface area contributed by atoms with Crippen LogP contribution in [0.1, 0.15) is 31.1 Å². The number of nitrogens with zero attached hydrogens (tertiary/aromatic N) is 1. The number of hydrogen-bond donors (Lipinski definition) is 2. The van der Waals surface area contributed by atoms with Gasteiger partial charge in [0.2, 0.25) is 0 Å². The van der Waals surface area contributed by atoms with Crippen molar-refractivity contribution in [2.45, 2.75) is 32.4 Å². The fraction of sp³-hybridized carbons (Fsp3) is 0.625. The number of aromatic amines is 1. The third-order valence-electron chi connectivity index (χ3n) is 2.26. The highest BCUT2D eigenvalue weighted by atomic mass is 15.1. The number of rotatable bonds is 0. The molecule has 3 heteroatoms. The number of hydrogen-bond acceptors (Lipinski definition) is 2. The van der Waals surface area contributed by atoms with Crippen LogP contribution in [-0.2, 0) is 6.42 Å². The SMILES string of the molecule is CC1Cc2[nH]ncc2C(C)N1. The number of H-pyrrole nitrogens is 1. The van der Waals surface area contributed by atoms with Gasteiger partial charge in [0.1, 0.15) is 0 Å². The maximum atomic E-state index is 4.02. The first kappa shape index (κ1) is 6.85. The molecule has 0 aliphatic carbocycles. The van der Waals surface area contributed by atoms with Crippen LogP contribution in [0, 0.1) is 0 Å². The second kappa shape index (κ2) is 2.34. The monoisotopic (exact) mass is 151 g/mol. The molecule has 1 aliphatic heterocycles. The maximum absolute atomic E-state index is 4.02. The van der Waals surface area contributed by atoms with E-state index in [-0.39, 0.29) is 0 Å². The molecule has 60 valence electrons. The van der Waals surface area contributed by atoms with E-state index in [1.165, 1.54) is 11.3 Å². The van der Waals surface area contributed by atoms with Gasteiger partial charge < -0.3 is 5.32 Å². The van der Waals surface area contributed by atoms with Crippen LogP contribution in [0.2, 0.25) is 0 Å². The summed E-state index contributed by atoms with van der Waals surface area (Å²) in [5.74, 6) is 0. The second-order valence-corrected chi connectivity index (χ2v) is 3.30. The second-order valence-electron chi connectivity index (χ2n) is 3.30. The number of nitrogens with one attached hydrogen (secondary N) is 2. The summed E-state index contributed by atoms with van der Waals surface area (Å²) in [6, 6.07) is 1.02. The van der Waals surface area contributed by atoms with E-state index in [9.17, 15) is 0 Å². The molecule has 2 unspecified atom stereocenters. The molecule has 1 aliphatic rings. The average molecular weight is 151 g/mol. The molecule has 2 atom stereocenters. The zero-order valence-electron chi connectivity index (χ0n) is 6.89. The highest BCUT2D eigenvalue weighted by Gasteiger charge is 2.21. The summed E-state index contributed by atoms with van der Waals surface area (Å²) in [6.45, 7) is 4.37.